The molecule has 1 fully saturated rings. The minimum atomic E-state index is -0.256. The summed E-state index contributed by atoms with van der Waals surface area (Å²) in [5, 5.41) is 3.97. The number of rotatable bonds is 5. The number of pyridine rings is 1. The Labute approximate surface area is 178 Å². The second-order valence-electron chi connectivity index (χ2n) is 7.32. The summed E-state index contributed by atoms with van der Waals surface area (Å²) in [6.45, 7) is 4.18. The van der Waals surface area contributed by atoms with Crippen LogP contribution in [0.15, 0.2) is 48.8 Å². The molecule has 3 aromatic rings. The van der Waals surface area contributed by atoms with Crippen LogP contribution < -0.4 is 5.32 Å². The zero-order valence-electron chi connectivity index (χ0n) is 16.7. The molecule has 0 saturated carbocycles. The van der Waals surface area contributed by atoms with Crippen molar-refractivity contribution in [3.63, 3.8) is 0 Å². The van der Waals surface area contributed by atoms with Gasteiger partial charge in [0.1, 0.15) is 11.6 Å². The summed E-state index contributed by atoms with van der Waals surface area (Å²) in [7, 11) is 0. The van der Waals surface area contributed by atoms with Crippen LogP contribution >= 0.6 is 11.3 Å². The molecule has 1 aliphatic heterocycles. The zero-order chi connectivity index (χ0) is 20.9. The number of amides is 1. The minimum absolute atomic E-state index is 0.0864. The lowest BCUT2D eigenvalue weighted by atomic mass is 10.0. The van der Waals surface area contributed by atoms with Crippen LogP contribution in [0, 0.1) is 11.7 Å². The van der Waals surface area contributed by atoms with E-state index in [1.54, 1.807) is 31.5 Å². The molecule has 1 amide bonds. The number of hydrogen-bond donors (Lipinski definition) is 1. The molecule has 0 aliphatic carbocycles. The van der Waals surface area contributed by atoms with Crippen LogP contribution in [0.25, 0.3) is 10.4 Å². The fraction of sp³-hybridized carbons (Fsp3) is 0.318. The molecule has 30 heavy (non-hydrogen) atoms. The van der Waals surface area contributed by atoms with E-state index in [2.05, 4.69) is 15.3 Å². The Morgan fingerprint density at radius 3 is 2.93 bits per heavy atom. The molecule has 156 valence electrons. The van der Waals surface area contributed by atoms with Crippen molar-refractivity contribution in [2.45, 2.75) is 13.3 Å². The van der Waals surface area contributed by atoms with Crippen molar-refractivity contribution in [2.24, 2.45) is 5.92 Å². The smallest absolute Gasteiger partial charge is 0.219 e. The summed E-state index contributed by atoms with van der Waals surface area (Å²) in [4.78, 5) is 23.4. The molecule has 3 heterocycles. The highest BCUT2D eigenvalue weighted by molar-refractivity contribution is 7.18. The van der Waals surface area contributed by atoms with Crippen LogP contribution in [-0.4, -0.2) is 47.1 Å². The van der Waals surface area contributed by atoms with Gasteiger partial charge in [0.2, 0.25) is 5.91 Å². The molecule has 1 N–H and O–H groups in total. The van der Waals surface area contributed by atoms with Crippen LogP contribution in [-0.2, 0) is 16.0 Å². The number of nitrogens with zero attached hydrogens (tertiary/aromatic N) is 3. The van der Waals surface area contributed by atoms with Crippen LogP contribution in [0.1, 0.15) is 12.5 Å². The molecule has 4 rings (SSSR count). The van der Waals surface area contributed by atoms with Crippen molar-refractivity contribution < 1.29 is 13.9 Å². The lowest BCUT2D eigenvalue weighted by Crippen LogP contribution is -2.34. The first-order valence-corrected chi connectivity index (χ1v) is 10.7. The number of anilines is 2. The van der Waals surface area contributed by atoms with Gasteiger partial charge in [-0.2, -0.15) is 0 Å². The average Bonchev–Trinajstić information content (AvgIpc) is 3.06. The van der Waals surface area contributed by atoms with E-state index >= 15 is 0 Å². The lowest BCUT2D eigenvalue weighted by molar-refractivity contribution is -0.129. The van der Waals surface area contributed by atoms with Gasteiger partial charge >= 0.3 is 0 Å². The highest BCUT2D eigenvalue weighted by Crippen LogP contribution is 2.30. The predicted octanol–water partition coefficient (Wildman–Crippen LogP) is 4.13. The number of thiazole rings is 1. The molecule has 1 aromatic carbocycles. The predicted molar refractivity (Wildman–Crippen MR) is 115 cm³/mol. The summed E-state index contributed by atoms with van der Waals surface area (Å²) < 4.78 is 18.8. The largest absolute Gasteiger partial charge is 0.379 e. The molecular weight excluding hydrogens is 403 g/mol. The number of ether oxygens (including phenoxy) is 1. The quantitative estimate of drug-likeness (QED) is 0.665. The Morgan fingerprint density at radius 1 is 1.30 bits per heavy atom. The number of hydrogen-bond acceptors (Lipinski definition) is 6. The lowest BCUT2D eigenvalue weighted by Gasteiger charge is -2.22. The molecule has 0 spiro atoms. The normalized spacial score (nSPS) is 16.9. The average molecular weight is 427 g/mol. The van der Waals surface area contributed by atoms with E-state index in [1.165, 1.54) is 23.5 Å². The Balaban J connectivity index is 1.42. The molecule has 6 nitrogen and oxygen atoms in total. The standard InChI is InChI=1S/C22H23FN4O2S/c1-15(28)27-8-9-29-14-17(13-27)10-16-6-7-24-21(11-16)26-22-25-12-20(30-22)18-2-4-19(23)5-3-18/h2-7,11-12,17H,8-10,13-14H2,1H3,(H,24,25,26)/t17-/m1/s1. The number of benzene rings is 1. The fourth-order valence-electron chi connectivity index (χ4n) is 3.48. The van der Waals surface area contributed by atoms with Crippen LogP contribution in [0.5, 0.6) is 0 Å². The molecule has 2 aromatic heterocycles. The van der Waals surface area contributed by atoms with Gasteiger partial charge in [0.25, 0.3) is 0 Å². The molecule has 1 aliphatic rings. The van der Waals surface area contributed by atoms with Gasteiger partial charge in [0, 0.05) is 38.3 Å². The maximum Gasteiger partial charge on any atom is 0.219 e. The summed E-state index contributed by atoms with van der Waals surface area (Å²) in [5.41, 5.74) is 2.05. The number of aromatic nitrogens is 2. The van der Waals surface area contributed by atoms with E-state index < -0.39 is 0 Å². The van der Waals surface area contributed by atoms with E-state index in [0.29, 0.717) is 32.1 Å². The summed E-state index contributed by atoms with van der Waals surface area (Å²) >= 11 is 1.49. The van der Waals surface area contributed by atoms with Gasteiger partial charge in [-0.3, -0.25) is 4.79 Å². The summed E-state index contributed by atoms with van der Waals surface area (Å²) in [6.07, 6.45) is 4.34. The molecule has 8 heteroatoms. The van der Waals surface area contributed by atoms with Crippen LogP contribution in [0.4, 0.5) is 15.3 Å². The maximum absolute atomic E-state index is 13.1. The van der Waals surface area contributed by atoms with Crippen molar-refractivity contribution >= 4 is 28.2 Å². The highest BCUT2D eigenvalue weighted by Gasteiger charge is 2.20. The Hall–Kier alpha value is -2.84. The summed E-state index contributed by atoms with van der Waals surface area (Å²) in [5.74, 6) is 0.790. The monoisotopic (exact) mass is 426 g/mol. The van der Waals surface area contributed by atoms with E-state index in [1.807, 2.05) is 17.0 Å². The first kappa shape index (κ1) is 20.4. The first-order chi connectivity index (χ1) is 14.6. The van der Waals surface area contributed by atoms with Crippen molar-refractivity contribution in [1.82, 2.24) is 14.9 Å². The van der Waals surface area contributed by atoms with E-state index in [4.69, 9.17) is 4.74 Å². The van der Waals surface area contributed by atoms with Gasteiger partial charge in [-0.15, -0.1) is 0 Å². The third-order valence-corrected chi connectivity index (χ3v) is 5.96. The molecule has 1 saturated heterocycles. The third-order valence-electron chi connectivity index (χ3n) is 5.00. The molecule has 1 atom stereocenters. The van der Waals surface area contributed by atoms with Crippen molar-refractivity contribution in [1.29, 1.82) is 0 Å². The molecule has 0 unspecified atom stereocenters. The molecule has 0 radical (unpaired) electrons. The Bertz CT molecular complexity index is 1010. The number of carbonyl (C=O) groups is 1. The van der Waals surface area contributed by atoms with Gasteiger partial charge in [-0.25, -0.2) is 14.4 Å². The Morgan fingerprint density at radius 2 is 2.13 bits per heavy atom. The van der Waals surface area contributed by atoms with Crippen molar-refractivity contribution in [3.05, 3.63) is 60.2 Å². The van der Waals surface area contributed by atoms with Gasteiger partial charge < -0.3 is 15.0 Å². The SMILES string of the molecule is CC(=O)N1CCOC[C@H](Cc2ccnc(Nc3ncc(-c4ccc(F)cc4)s3)c2)C1. The number of carbonyl (C=O) groups excluding carboxylic acids is 1. The van der Waals surface area contributed by atoms with E-state index in [-0.39, 0.29) is 17.6 Å². The second-order valence-corrected chi connectivity index (χ2v) is 8.35. The second kappa shape index (κ2) is 9.32. The maximum atomic E-state index is 13.1. The topological polar surface area (TPSA) is 67.4 Å². The van der Waals surface area contributed by atoms with Gasteiger partial charge in [0.15, 0.2) is 5.13 Å². The van der Waals surface area contributed by atoms with Crippen LogP contribution in [0.3, 0.4) is 0 Å². The molecular formula is C22H23FN4O2S. The summed E-state index contributed by atoms with van der Waals surface area (Å²) in [6, 6.07) is 10.4. The van der Waals surface area contributed by atoms with Crippen molar-refractivity contribution in [3.8, 4) is 10.4 Å². The van der Waals surface area contributed by atoms with Crippen molar-refractivity contribution in [2.75, 3.05) is 31.6 Å². The van der Waals surface area contributed by atoms with Gasteiger partial charge in [-0.1, -0.05) is 23.5 Å². The van der Waals surface area contributed by atoms with E-state index in [0.717, 1.165) is 27.6 Å². The number of halogens is 1. The third kappa shape index (κ3) is 5.20. The highest BCUT2D eigenvalue weighted by atomic mass is 32.1. The van der Waals surface area contributed by atoms with Gasteiger partial charge in [0.05, 0.1) is 18.1 Å². The van der Waals surface area contributed by atoms with Crippen LogP contribution in [0.2, 0.25) is 0 Å². The first-order valence-electron chi connectivity index (χ1n) is 9.84. The zero-order valence-corrected chi connectivity index (χ0v) is 17.5. The number of nitrogens with one attached hydrogen (secondary N) is 1. The minimum Gasteiger partial charge on any atom is -0.379 e. The molecule has 0 bridgehead atoms. The Kier molecular flexibility index (Phi) is 6.35. The van der Waals surface area contributed by atoms with E-state index in [9.17, 15) is 9.18 Å². The fourth-order valence-corrected chi connectivity index (χ4v) is 4.31. The van der Waals surface area contributed by atoms with Gasteiger partial charge in [-0.05, 0) is 41.8 Å².